The van der Waals surface area contributed by atoms with Crippen LogP contribution < -0.4 is 14.8 Å². The van der Waals surface area contributed by atoms with Crippen LogP contribution in [-0.4, -0.2) is 43.0 Å². The number of hydrogen-bond donors (Lipinski definition) is 1. The number of carbonyl (C=O) groups excluding carboxylic acids is 2. The molecule has 150 valence electrons. The van der Waals surface area contributed by atoms with E-state index in [-0.39, 0.29) is 35.9 Å². The highest BCUT2D eigenvalue weighted by atomic mass is 32.1. The van der Waals surface area contributed by atoms with Crippen molar-refractivity contribution in [3.63, 3.8) is 0 Å². The molecule has 3 rings (SSSR count). The Bertz CT molecular complexity index is 825. The molecule has 1 saturated carbocycles. The maximum Gasteiger partial charge on any atom is 0.387 e. The maximum atomic E-state index is 12.6. The zero-order chi connectivity index (χ0) is 20.1. The second-order valence-electron chi connectivity index (χ2n) is 6.28. The molecule has 1 fully saturated rings. The van der Waals surface area contributed by atoms with Crippen molar-refractivity contribution in [2.24, 2.45) is 0 Å². The molecule has 0 saturated heterocycles. The number of thiophene rings is 1. The highest BCUT2D eigenvalue weighted by Gasteiger charge is 2.32. The van der Waals surface area contributed by atoms with Crippen molar-refractivity contribution in [2.75, 3.05) is 13.7 Å². The van der Waals surface area contributed by atoms with Gasteiger partial charge in [0.15, 0.2) is 11.5 Å². The van der Waals surface area contributed by atoms with E-state index in [0.29, 0.717) is 11.4 Å². The minimum Gasteiger partial charge on any atom is -0.493 e. The summed E-state index contributed by atoms with van der Waals surface area (Å²) >= 11 is 1.31. The predicted octanol–water partition coefficient (Wildman–Crippen LogP) is 3.28. The molecule has 9 heteroatoms. The Balaban J connectivity index is 1.64. The van der Waals surface area contributed by atoms with E-state index in [2.05, 4.69) is 10.1 Å². The molecule has 0 aliphatic heterocycles. The summed E-state index contributed by atoms with van der Waals surface area (Å²) in [6.45, 7) is -2.75. The van der Waals surface area contributed by atoms with E-state index in [0.717, 1.165) is 18.4 Å². The minimum atomic E-state index is -2.95. The highest BCUT2D eigenvalue weighted by molar-refractivity contribution is 7.12. The van der Waals surface area contributed by atoms with Crippen LogP contribution in [0.1, 0.15) is 28.1 Å². The summed E-state index contributed by atoms with van der Waals surface area (Å²) < 4.78 is 34.4. The van der Waals surface area contributed by atoms with Gasteiger partial charge in [0.2, 0.25) is 5.91 Å². The van der Waals surface area contributed by atoms with Crippen LogP contribution in [0.15, 0.2) is 35.7 Å². The summed E-state index contributed by atoms with van der Waals surface area (Å²) in [5, 5.41) is 4.43. The molecule has 2 aromatic rings. The van der Waals surface area contributed by atoms with E-state index < -0.39 is 6.61 Å². The molecule has 1 N–H and O–H groups in total. The van der Waals surface area contributed by atoms with Gasteiger partial charge in [0.05, 0.1) is 18.5 Å². The van der Waals surface area contributed by atoms with E-state index in [1.807, 2.05) is 0 Å². The van der Waals surface area contributed by atoms with Crippen molar-refractivity contribution < 1.29 is 27.8 Å². The number of amides is 2. The number of methoxy groups -OCH3 is 1. The molecule has 0 unspecified atom stereocenters. The topological polar surface area (TPSA) is 67.9 Å². The van der Waals surface area contributed by atoms with Crippen LogP contribution in [0.3, 0.4) is 0 Å². The highest BCUT2D eigenvalue weighted by Crippen LogP contribution is 2.32. The van der Waals surface area contributed by atoms with Crippen molar-refractivity contribution in [1.29, 1.82) is 0 Å². The molecule has 0 bridgehead atoms. The molecule has 2 amide bonds. The number of rotatable bonds is 9. The maximum absolute atomic E-state index is 12.6. The molecule has 1 aliphatic carbocycles. The van der Waals surface area contributed by atoms with Gasteiger partial charge in [0.1, 0.15) is 0 Å². The summed E-state index contributed by atoms with van der Waals surface area (Å²) in [6, 6.07) is 8.17. The fourth-order valence-electron chi connectivity index (χ4n) is 2.76. The summed E-state index contributed by atoms with van der Waals surface area (Å²) in [4.78, 5) is 26.9. The van der Waals surface area contributed by atoms with Gasteiger partial charge < -0.3 is 19.7 Å². The lowest BCUT2D eigenvalue weighted by Gasteiger charge is -2.23. The Labute approximate surface area is 165 Å². The van der Waals surface area contributed by atoms with Crippen LogP contribution >= 0.6 is 11.3 Å². The van der Waals surface area contributed by atoms with Gasteiger partial charge in [-0.25, -0.2) is 0 Å². The van der Waals surface area contributed by atoms with Gasteiger partial charge in [-0.1, -0.05) is 12.1 Å². The number of carbonyl (C=O) groups is 2. The number of alkyl halides is 2. The van der Waals surface area contributed by atoms with Crippen molar-refractivity contribution in [3.05, 3.63) is 46.2 Å². The number of nitrogens with one attached hydrogen (secondary N) is 1. The van der Waals surface area contributed by atoms with Crippen molar-refractivity contribution in [3.8, 4) is 11.5 Å². The number of ether oxygens (including phenoxy) is 2. The van der Waals surface area contributed by atoms with Crippen LogP contribution in [0.25, 0.3) is 0 Å². The van der Waals surface area contributed by atoms with E-state index in [9.17, 15) is 18.4 Å². The molecule has 6 nitrogen and oxygen atoms in total. The van der Waals surface area contributed by atoms with Crippen molar-refractivity contribution in [1.82, 2.24) is 10.2 Å². The SMILES string of the molecule is COc1cc(CN(C(=O)CNC(=O)c2cccs2)C2CC2)ccc1OC(F)F. The lowest BCUT2D eigenvalue weighted by molar-refractivity contribution is -0.131. The lowest BCUT2D eigenvalue weighted by atomic mass is 10.2. The summed E-state index contributed by atoms with van der Waals surface area (Å²) in [5.41, 5.74) is 0.725. The normalized spacial score (nSPS) is 13.3. The van der Waals surface area contributed by atoms with Crippen LogP contribution in [0.4, 0.5) is 8.78 Å². The average Bonchev–Trinajstić information content (AvgIpc) is 3.36. The molecule has 1 aromatic heterocycles. The van der Waals surface area contributed by atoms with Crippen LogP contribution in [0.2, 0.25) is 0 Å². The number of benzene rings is 1. The van der Waals surface area contributed by atoms with E-state index in [4.69, 9.17) is 4.74 Å². The van der Waals surface area contributed by atoms with Crippen LogP contribution in [0.5, 0.6) is 11.5 Å². The monoisotopic (exact) mass is 410 g/mol. The lowest BCUT2D eigenvalue weighted by Crippen LogP contribution is -2.40. The average molecular weight is 410 g/mol. The summed E-state index contributed by atoms with van der Waals surface area (Å²) in [7, 11) is 1.36. The van der Waals surface area contributed by atoms with Gasteiger partial charge >= 0.3 is 6.61 Å². The first-order valence-electron chi connectivity index (χ1n) is 8.71. The van der Waals surface area contributed by atoms with Gasteiger partial charge in [0.25, 0.3) is 5.91 Å². The standard InChI is InChI=1S/C19H20F2N2O4S/c1-26-15-9-12(4-7-14(15)27-19(20)21)11-23(13-5-6-13)17(24)10-22-18(25)16-3-2-8-28-16/h2-4,7-9,13,19H,5-6,10-11H2,1H3,(H,22,25). The van der Waals surface area contributed by atoms with Crippen LogP contribution in [-0.2, 0) is 11.3 Å². The Morgan fingerprint density at radius 2 is 2.07 bits per heavy atom. The predicted molar refractivity (Wildman–Crippen MR) is 99.9 cm³/mol. The zero-order valence-corrected chi connectivity index (χ0v) is 16.0. The molecule has 1 aromatic carbocycles. The van der Waals surface area contributed by atoms with Crippen molar-refractivity contribution >= 4 is 23.2 Å². The molecule has 0 radical (unpaired) electrons. The first kappa shape index (κ1) is 20.1. The van der Waals surface area contributed by atoms with E-state index in [1.165, 1.54) is 24.5 Å². The minimum absolute atomic E-state index is 0.0613. The number of halogens is 2. The Kier molecular flexibility index (Phi) is 6.45. The Morgan fingerprint density at radius 3 is 2.68 bits per heavy atom. The van der Waals surface area contributed by atoms with Gasteiger partial charge in [-0.2, -0.15) is 8.78 Å². The first-order chi connectivity index (χ1) is 13.5. The zero-order valence-electron chi connectivity index (χ0n) is 15.2. The molecule has 1 aliphatic rings. The smallest absolute Gasteiger partial charge is 0.387 e. The molecular weight excluding hydrogens is 390 g/mol. The second kappa shape index (κ2) is 9.01. The van der Waals surface area contributed by atoms with Gasteiger partial charge in [-0.3, -0.25) is 9.59 Å². The largest absolute Gasteiger partial charge is 0.493 e. The molecule has 28 heavy (non-hydrogen) atoms. The van der Waals surface area contributed by atoms with Gasteiger partial charge in [-0.15, -0.1) is 11.3 Å². The molecule has 0 atom stereocenters. The van der Waals surface area contributed by atoms with Crippen molar-refractivity contribution in [2.45, 2.75) is 32.0 Å². The van der Waals surface area contributed by atoms with Gasteiger partial charge in [-0.05, 0) is 42.0 Å². The third kappa shape index (κ3) is 5.19. The Morgan fingerprint density at radius 1 is 1.29 bits per heavy atom. The first-order valence-corrected chi connectivity index (χ1v) is 9.58. The second-order valence-corrected chi connectivity index (χ2v) is 7.22. The number of hydrogen-bond acceptors (Lipinski definition) is 5. The quantitative estimate of drug-likeness (QED) is 0.689. The van der Waals surface area contributed by atoms with E-state index in [1.54, 1.807) is 34.5 Å². The number of nitrogens with zero attached hydrogens (tertiary/aromatic N) is 1. The third-order valence-electron chi connectivity index (χ3n) is 4.25. The summed E-state index contributed by atoms with van der Waals surface area (Å²) in [6.07, 6.45) is 1.79. The summed E-state index contributed by atoms with van der Waals surface area (Å²) in [5.74, 6) is -0.366. The fraction of sp³-hybridized carbons (Fsp3) is 0.368. The molecule has 0 spiro atoms. The Hall–Kier alpha value is -2.68. The fourth-order valence-corrected chi connectivity index (χ4v) is 3.40. The van der Waals surface area contributed by atoms with Gasteiger partial charge in [0, 0.05) is 12.6 Å². The van der Waals surface area contributed by atoms with Crippen LogP contribution in [0, 0.1) is 0 Å². The molecular formula is C19H20F2N2O4S. The van der Waals surface area contributed by atoms with E-state index >= 15 is 0 Å². The third-order valence-corrected chi connectivity index (χ3v) is 5.12. The molecule has 1 heterocycles.